The number of hydrogen-bond donors (Lipinski definition) is 0. The van der Waals surface area contributed by atoms with Crippen LogP contribution in [0, 0.1) is 6.92 Å². The number of oxazole rings is 1. The van der Waals surface area contributed by atoms with Crippen molar-refractivity contribution >= 4 is 11.3 Å². The smallest absolute Gasteiger partial charge is 0.236 e. The molecule has 132 valence electrons. The Labute approximate surface area is 152 Å². The van der Waals surface area contributed by atoms with Crippen molar-refractivity contribution in [1.29, 1.82) is 0 Å². The van der Waals surface area contributed by atoms with Crippen LogP contribution in [0.5, 0.6) is 0 Å². The molecule has 4 rings (SSSR count). The van der Waals surface area contributed by atoms with Crippen molar-refractivity contribution in [2.24, 2.45) is 0 Å². The van der Waals surface area contributed by atoms with Gasteiger partial charge in [-0.1, -0.05) is 12.5 Å². The van der Waals surface area contributed by atoms with E-state index in [1.54, 1.807) is 11.3 Å². The zero-order valence-electron chi connectivity index (χ0n) is 14.6. The molecule has 6 heteroatoms. The lowest BCUT2D eigenvalue weighted by Crippen LogP contribution is -2.39. The highest BCUT2D eigenvalue weighted by Crippen LogP contribution is 2.28. The molecule has 0 unspecified atom stereocenters. The van der Waals surface area contributed by atoms with Crippen LogP contribution in [0.3, 0.4) is 0 Å². The largest absolute Gasteiger partial charge is 0.440 e. The van der Waals surface area contributed by atoms with Gasteiger partial charge in [0.25, 0.3) is 0 Å². The molecule has 0 aromatic carbocycles. The van der Waals surface area contributed by atoms with Gasteiger partial charge >= 0.3 is 0 Å². The Hall–Kier alpha value is -1.92. The molecule has 1 aliphatic heterocycles. The summed E-state index contributed by atoms with van der Waals surface area (Å²) in [7, 11) is 0. The molecule has 1 atom stereocenters. The molecular weight excluding hydrogens is 332 g/mol. The van der Waals surface area contributed by atoms with Crippen molar-refractivity contribution in [2.45, 2.75) is 51.7 Å². The quantitative estimate of drug-likeness (QED) is 0.659. The van der Waals surface area contributed by atoms with E-state index < -0.39 is 0 Å². The van der Waals surface area contributed by atoms with Crippen LogP contribution in [0.15, 0.2) is 40.4 Å². The van der Waals surface area contributed by atoms with E-state index in [-0.39, 0.29) is 0 Å². The topological polar surface area (TPSA) is 47.1 Å². The Bertz CT molecular complexity index is 779. The highest BCUT2D eigenvalue weighted by molar-refractivity contribution is 7.13. The fourth-order valence-corrected chi connectivity index (χ4v) is 4.23. The maximum absolute atomic E-state index is 5.91. The molecule has 0 bridgehead atoms. The molecule has 1 aliphatic rings. The average Bonchev–Trinajstić information content (AvgIpc) is 3.37. The summed E-state index contributed by atoms with van der Waals surface area (Å²) in [5.74, 6) is 1.70. The van der Waals surface area contributed by atoms with E-state index in [1.165, 1.54) is 19.3 Å². The Morgan fingerprint density at radius 3 is 3.08 bits per heavy atom. The average molecular weight is 356 g/mol. The van der Waals surface area contributed by atoms with Gasteiger partial charge in [-0.3, -0.25) is 9.58 Å². The van der Waals surface area contributed by atoms with Crippen LogP contribution in [-0.2, 0) is 13.1 Å². The Morgan fingerprint density at radius 1 is 1.32 bits per heavy atom. The van der Waals surface area contributed by atoms with E-state index in [1.807, 2.05) is 36.1 Å². The van der Waals surface area contributed by atoms with Crippen LogP contribution < -0.4 is 0 Å². The van der Waals surface area contributed by atoms with Gasteiger partial charge in [-0.05, 0) is 50.2 Å². The van der Waals surface area contributed by atoms with E-state index in [9.17, 15) is 0 Å². The molecule has 0 spiro atoms. The van der Waals surface area contributed by atoms with E-state index in [4.69, 9.17) is 9.40 Å². The lowest BCUT2D eigenvalue weighted by molar-refractivity contribution is 0.125. The van der Waals surface area contributed by atoms with Gasteiger partial charge in [-0.15, -0.1) is 11.3 Å². The summed E-state index contributed by atoms with van der Waals surface area (Å²) in [5, 5.41) is 6.39. The summed E-state index contributed by atoms with van der Waals surface area (Å²) in [5.41, 5.74) is 1.08. The number of piperidine rings is 1. The Balaban J connectivity index is 1.44. The first-order chi connectivity index (χ1) is 12.3. The minimum atomic E-state index is 0.597. The summed E-state index contributed by atoms with van der Waals surface area (Å²) in [4.78, 5) is 8.45. The Kier molecular flexibility index (Phi) is 4.99. The number of hydrogen-bond acceptors (Lipinski definition) is 5. The molecule has 5 nitrogen and oxygen atoms in total. The van der Waals surface area contributed by atoms with Gasteiger partial charge in [0.1, 0.15) is 5.76 Å². The number of thiophene rings is 1. The number of rotatable bonds is 6. The highest BCUT2D eigenvalue weighted by atomic mass is 32.1. The number of aromatic nitrogens is 3. The standard InChI is InChI=1S/C19H24N4OS/c1-15-17(21-19(24-15)18-7-4-13-25-18)14-22-10-3-2-6-16(22)8-12-23-11-5-9-20-23/h4-5,7,9,11,13,16H,2-3,6,8,10,12,14H2,1H3/t16-/m1/s1. The maximum Gasteiger partial charge on any atom is 0.236 e. The molecule has 0 aliphatic carbocycles. The van der Waals surface area contributed by atoms with Crippen LogP contribution in [-0.4, -0.2) is 32.3 Å². The van der Waals surface area contributed by atoms with Crippen LogP contribution in [0.4, 0.5) is 0 Å². The van der Waals surface area contributed by atoms with E-state index in [0.717, 1.165) is 48.3 Å². The highest BCUT2D eigenvalue weighted by Gasteiger charge is 2.24. The third-order valence-electron chi connectivity index (χ3n) is 4.98. The summed E-state index contributed by atoms with van der Waals surface area (Å²) in [6.07, 6.45) is 8.88. The van der Waals surface area contributed by atoms with E-state index in [2.05, 4.69) is 21.4 Å². The summed E-state index contributed by atoms with van der Waals surface area (Å²) in [6.45, 7) is 5.03. The molecule has 25 heavy (non-hydrogen) atoms. The second-order valence-electron chi connectivity index (χ2n) is 6.68. The minimum absolute atomic E-state index is 0.597. The number of aryl methyl sites for hydroxylation is 2. The normalized spacial score (nSPS) is 18.7. The fraction of sp³-hybridized carbons (Fsp3) is 0.474. The van der Waals surface area contributed by atoms with Crippen LogP contribution in [0.2, 0.25) is 0 Å². The lowest BCUT2D eigenvalue weighted by atomic mass is 9.99. The van der Waals surface area contributed by atoms with Gasteiger partial charge in [-0.25, -0.2) is 4.98 Å². The first-order valence-electron chi connectivity index (χ1n) is 9.01. The predicted octanol–water partition coefficient (Wildman–Crippen LogP) is 4.35. The summed E-state index contributed by atoms with van der Waals surface area (Å²) >= 11 is 1.67. The molecule has 1 fully saturated rings. The molecule has 0 N–H and O–H groups in total. The Morgan fingerprint density at radius 2 is 2.28 bits per heavy atom. The SMILES string of the molecule is Cc1oc(-c2cccs2)nc1CN1CCCC[C@@H]1CCn1cccn1. The maximum atomic E-state index is 5.91. The van der Waals surface area contributed by atoms with Gasteiger partial charge in [0, 0.05) is 31.5 Å². The lowest BCUT2D eigenvalue weighted by Gasteiger charge is -2.35. The monoisotopic (exact) mass is 356 g/mol. The summed E-state index contributed by atoms with van der Waals surface area (Å²) < 4.78 is 7.94. The van der Waals surface area contributed by atoms with Crippen molar-refractivity contribution in [3.63, 3.8) is 0 Å². The zero-order valence-corrected chi connectivity index (χ0v) is 15.4. The second kappa shape index (κ2) is 7.54. The first kappa shape index (κ1) is 16.5. The third-order valence-corrected chi connectivity index (χ3v) is 5.84. The van der Waals surface area contributed by atoms with Crippen molar-refractivity contribution in [1.82, 2.24) is 19.7 Å². The molecule has 3 aromatic rings. The van der Waals surface area contributed by atoms with Crippen LogP contribution in [0.1, 0.15) is 37.1 Å². The van der Waals surface area contributed by atoms with Crippen LogP contribution >= 0.6 is 11.3 Å². The van der Waals surface area contributed by atoms with Crippen molar-refractivity contribution in [2.75, 3.05) is 6.54 Å². The summed E-state index contributed by atoms with van der Waals surface area (Å²) in [6, 6.07) is 6.69. The molecule has 4 heterocycles. The molecule has 0 radical (unpaired) electrons. The van der Waals surface area contributed by atoms with E-state index >= 15 is 0 Å². The molecule has 0 amide bonds. The van der Waals surface area contributed by atoms with Gasteiger partial charge in [0.05, 0.1) is 10.6 Å². The second-order valence-corrected chi connectivity index (χ2v) is 7.62. The number of likely N-dealkylation sites (tertiary alicyclic amines) is 1. The zero-order chi connectivity index (χ0) is 17.1. The third kappa shape index (κ3) is 3.85. The predicted molar refractivity (Wildman–Crippen MR) is 99.4 cm³/mol. The molecule has 0 saturated carbocycles. The minimum Gasteiger partial charge on any atom is -0.440 e. The van der Waals surface area contributed by atoms with Crippen LogP contribution in [0.25, 0.3) is 10.8 Å². The number of nitrogens with zero attached hydrogens (tertiary/aromatic N) is 4. The van der Waals surface area contributed by atoms with Gasteiger partial charge in [0.2, 0.25) is 5.89 Å². The van der Waals surface area contributed by atoms with Crippen molar-refractivity contribution < 1.29 is 4.42 Å². The van der Waals surface area contributed by atoms with Crippen molar-refractivity contribution in [3.05, 3.63) is 47.4 Å². The molecule has 3 aromatic heterocycles. The van der Waals surface area contributed by atoms with Gasteiger partial charge < -0.3 is 4.42 Å². The first-order valence-corrected chi connectivity index (χ1v) is 9.89. The molecule has 1 saturated heterocycles. The van der Waals surface area contributed by atoms with Gasteiger partial charge in [-0.2, -0.15) is 5.10 Å². The van der Waals surface area contributed by atoms with Gasteiger partial charge in [0.15, 0.2) is 0 Å². The van der Waals surface area contributed by atoms with Crippen molar-refractivity contribution in [3.8, 4) is 10.8 Å². The molecular formula is C19H24N4OS. The fourth-order valence-electron chi connectivity index (χ4n) is 3.58. The van der Waals surface area contributed by atoms with E-state index in [0.29, 0.717) is 6.04 Å².